The number of aromatic hydroxyl groups is 1. The van der Waals surface area contributed by atoms with Gasteiger partial charge in [-0.25, -0.2) is 4.98 Å². The van der Waals surface area contributed by atoms with Crippen LogP contribution < -0.4 is 0 Å². The van der Waals surface area contributed by atoms with Crippen LogP contribution in [-0.2, 0) is 6.42 Å². The van der Waals surface area contributed by atoms with Crippen LogP contribution in [0, 0.1) is 0 Å². The van der Waals surface area contributed by atoms with E-state index in [1.54, 1.807) is 12.1 Å². The summed E-state index contributed by atoms with van der Waals surface area (Å²) in [5, 5.41) is 9.57. The van der Waals surface area contributed by atoms with Gasteiger partial charge in [0.05, 0.1) is 0 Å². The second-order valence-electron chi connectivity index (χ2n) is 2.78. The van der Waals surface area contributed by atoms with Crippen molar-refractivity contribution in [1.29, 1.82) is 0 Å². The second-order valence-corrected chi connectivity index (χ2v) is 3.54. The molecule has 0 bridgehead atoms. The molecule has 0 radical (unpaired) electrons. The van der Waals surface area contributed by atoms with Crippen molar-refractivity contribution < 1.29 is 5.11 Å². The van der Waals surface area contributed by atoms with Gasteiger partial charge < -0.3 is 5.11 Å². The van der Waals surface area contributed by atoms with Gasteiger partial charge in [0.1, 0.15) is 21.7 Å². The molecule has 2 heterocycles. The van der Waals surface area contributed by atoms with Crippen molar-refractivity contribution in [2.45, 2.75) is 13.3 Å². The Morgan fingerprint density at radius 2 is 2.38 bits per heavy atom. The molecule has 0 saturated carbocycles. The number of halogens is 1. The van der Waals surface area contributed by atoms with Crippen LogP contribution in [0.25, 0.3) is 5.52 Å². The van der Waals surface area contributed by atoms with Crippen LogP contribution in [0.2, 0.25) is 0 Å². The molecule has 0 aliphatic rings. The Labute approximate surface area is 84.2 Å². The Kier molecular flexibility index (Phi) is 2.00. The number of rotatable bonds is 1. The number of aromatic nitrogens is 2. The highest BCUT2D eigenvalue weighted by atomic mass is 79.9. The predicted molar refractivity (Wildman–Crippen MR) is 53.9 cm³/mol. The van der Waals surface area contributed by atoms with Crippen LogP contribution in [-0.4, -0.2) is 14.5 Å². The molecule has 0 aliphatic heterocycles. The van der Waals surface area contributed by atoms with Gasteiger partial charge >= 0.3 is 0 Å². The zero-order valence-electron chi connectivity index (χ0n) is 7.16. The first-order valence-electron chi connectivity index (χ1n) is 4.08. The van der Waals surface area contributed by atoms with E-state index in [1.807, 2.05) is 17.5 Å². The van der Waals surface area contributed by atoms with Crippen LogP contribution in [0.1, 0.15) is 12.7 Å². The number of fused-ring (bicyclic) bond motifs is 1. The third-order valence-electron chi connectivity index (χ3n) is 1.99. The zero-order valence-corrected chi connectivity index (χ0v) is 8.74. The first kappa shape index (κ1) is 8.56. The first-order valence-corrected chi connectivity index (χ1v) is 4.87. The van der Waals surface area contributed by atoms with E-state index in [2.05, 4.69) is 20.9 Å². The van der Waals surface area contributed by atoms with Crippen molar-refractivity contribution in [3.63, 3.8) is 0 Å². The van der Waals surface area contributed by atoms with E-state index in [0.717, 1.165) is 17.8 Å². The summed E-state index contributed by atoms with van der Waals surface area (Å²) >= 11 is 3.32. The number of hydrogen-bond acceptors (Lipinski definition) is 2. The van der Waals surface area contributed by atoms with Crippen LogP contribution in [0.3, 0.4) is 0 Å². The van der Waals surface area contributed by atoms with Gasteiger partial charge in [0.2, 0.25) is 0 Å². The maximum Gasteiger partial charge on any atom is 0.142 e. The maximum atomic E-state index is 9.57. The molecular formula is C9H9BrN2O. The van der Waals surface area contributed by atoms with E-state index in [-0.39, 0.29) is 5.75 Å². The van der Waals surface area contributed by atoms with Gasteiger partial charge in [0, 0.05) is 12.6 Å². The standard InChI is InChI=1S/C9H9BrN2O/c1-2-7-11-9(10)8-6(13)4-3-5-12(7)8/h3-5,13H,2H2,1H3. The molecule has 68 valence electrons. The summed E-state index contributed by atoms with van der Waals surface area (Å²) in [7, 11) is 0. The van der Waals surface area contributed by atoms with Crippen molar-refractivity contribution in [3.05, 3.63) is 28.8 Å². The third kappa shape index (κ3) is 1.21. The van der Waals surface area contributed by atoms with Crippen LogP contribution in [0.5, 0.6) is 5.75 Å². The van der Waals surface area contributed by atoms with Crippen molar-refractivity contribution in [1.82, 2.24) is 9.38 Å². The quantitative estimate of drug-likeness (QED) is 0.832. The van der Waals surface area contributed by atoms with E-state index in [9.17, 15) is 5.11 Å². The molecule has 0 fully saturated rings. The van der Waals surface area contributed by atoms with Gasteiger partial charge in [-0.1, -0.05) is 6.92 Å². The lowest BCUT2D eigenvalue weighted by molar-refractivity contribution is 0.478. The lowest BCUT2D eigenvalue weighted by atomic mass is 10.4. The summed E-state index contributed by atoms with van der Waals surface area (Å²) in [6.07, 6.45) is 2.74. The molecule has 2 aromatic rings. The summed E-state index contributed by atoms with van der Waals surface area (Å²) in [5.41, 5.74) is 0.736. The summed E-state index contributed by atoms with van der Waals surface area (Å²) in [5.74, 6) is 1.19. The molecule has 2 rings (SSSR count). The Bertz CT molecular complexity index is 450. The Hall–Kier alpha value is -1.03. The normalized spacial score (nSPS) is 10.9. The van der Waals surface area contributed by atoms with E-state index in [4.69, 9.17) is 0 Å². The van der Waals surface area contributed by atoms with Gasteiger partial charge in [-0.15, -0.1) is 0 Å². The molecule has 2 aromatic heterocycles. The Morgan fingerprint density at radius 1 is 1.62 bits per heavy atom. The van der Waals surface area contributed by atoms with Gasteiger partial charge in [-0.3, -0.25) is 4.40 Å². The summed E-state index contributed by atoms with van der Waals surface area (Å²) in [6.45, 7) is 2.03. The molecule has 4 heteroatoms. The van der Waals surface area contributed by atoms with E-state index >= 15 is 0 Å². The molecule has 3 nitrogen and oxygen atoms in total. The number of hydrogen-bond donors (Lipinski definition) is 1. The minimum absolute atomic E-state index is 0.251. The van der Waals surface area contributed by atoms with Crippen molar-refractivity contribution in [3.8, 4) is 5.75 Å². The summed E-state index contributed by atoms with van der Waals surface area (Å²) in [6, 6.07) is 3.46. The number of nitrogens with zero attached hydrogens (tertiary/aromatic N) is 2. The van der Waals surface area contributed by atoms with E-state index in [0.29, 0.717) is 4.60 Å². The average molecular weight is 241 g/mol. The molecule has 0 spiro atoms. The van der Waals surface area contributed by atoms with Crippen LogP contribution in [0.15, 0.2) is 22.9 Å². The maximum absolute atomic E-state index is 9.57. The molecule has 0 aliphatic carbocycles. The molecule has 0 amide bonds. The molecular weight excluding hydrogens is 232 g/mol. The van der Waals surface area contributed by atoms with Gasteiger partial charge in [-0.2, -0.15) is 0 Å². The Balaban J connectivity index is 2.87. The SMILES string of the molecule is CCc1nc(Br)c2c(O)cccn12. The van der Waals surface area contributed by atoms with Gasteiger partial charge in [-0.05, 0) is 28.1 Å². The predicted octanol–water partition coefficient (Wildman–Crippen LogP) is 2.36. The van der Waals surface area contributed by atoms with E-state index < -0.39 is 0 Å². The van der Waals surface area contributed by atoms with Crippen molar-refractivity contribution in [2.75, 3.05) is 0 Å². The summed E-state index contributed by atoms with van der Waals surface area (Å²) in [4.78, 5) is 4.29. The van der Waals surface area contributed by atoms with Crippen LogP contribution >= 0.6 is 15.9 Å². The topological polar surface area (TPSA) is 37.5 Å². The fraction of sp³-hybridized carbons (Fsp3) is 0.222. The third-order valence-corrected chi connectivity index (χ3v) is 2.54. The minimum Gasteiger partial charge on any atom is -0.506 e. The van der Waals surface area contributed by atoms with Gasteiger partial charge in [0.15, 0.2) is 0 Å². The Morgan fingerprint density at radius 3 is 3.08 bits per heavy atom. The zero-order chi connectivity index (χ0) is 9.42. The largest absolute Gasteiger partial charge is 0.506 e. The monoisotopic (exact) mass is 240 g/mol. The highest BCUT2D eigenvalue weighted by molar-refractivity contribution is 9.10. The summed E-state index contributed by atoms with van der Waals surface area (Å²) < 4.78 is 2.59. The fourth-order valence-electron chi connectivity index (χ4n) is 1.39. The lowest BCUT2D eigenvalue weighted by Gasteiger charge is -1.98. The second kappa shape index (κ2) is 3.03. The smallest absolute Gasteiger partial charge is 0.142 e. The first-order chi connectivity index (χ1) is 6.24. The minimum atomic E-state index is 0.251. The van der Waals surface area contributed by atoms with Crippen molar-refractivity contribution in [2.24, 2.45) is 0 Å². The molecule has 0 aromatic carbocycles. The molecule has 1 N–H and O–H groups in total. The molecule has 0 saturated heterocycles. The molecule has 0 atom stereocenters. The van der Waals surface area contributed by atoms with Crippen LogP contribution in [0.4, 0.5) is 0 Å². The number of imidazole rings is 1. The van der Waals surface area contributed by atoms with Gasteiger partial charge in [0.25, 0.3) is 0 Å². The van der Waals surface area contributed by atoms with Crippen molar-refractivity contribution >= 4 is 21.4 Å². The van der Waals surface area contributed by atoms with E-state index in [1.165, 1.54) is 0 Å². The number of pyridine rings is 1. The average Bonchev–Trinajstić information content (AvgIpc) is 2.44. The highest BCUT2D eigenvalue weighted by Gasteiger charge is 2.09. The fourth-order valence-corrected chi connectivity index (χ4v) is 1.99. The molecule has 13 heavy (non-hydrogen) atoms. The number of aryl methyl sites for hydroxylation is 1. The molecule has 0 unspecified atom stereocenters. The highest BCUT2D eigenvalue weighted by Crippen LogP contribution is 2.26. The lowest BCUT2D eigenvalue weighted by Crippen LogP contribution is -1.90.